The average molecular weight is 406 g/mol. The first-order valence-electron chi connectivity index (χ1n) is 10.3. The molecule has 1 aromatic carbocycles. The maximum atomic E-state index is 13.2. The van der Waals surface area contributed by atoms with Gasteiger partial charge in [0.25, 0.3) is 5.91 Å². The van der Waals surface area contributed by atoms with Crippen LogP contribution in [0.25, 0.3) is 0 Å². The van der Waals surface area contributed by atoms with Gasteiger partial charge in [-0.25, -0.2) is 0 Å². The van der Waals surface area contributed by atoms with E-state index in [-0.39, 0.29) is 29.9 Å². The summed E-state index contributed by atoms with van der Waals surface area (Å²) in [7, 11) is 5.53. The third-order valence-electron chi connectivity index (χ3n) is 5.52. The Hall–Kier alpha value is -2.12. The fourth-order valence-corrected chi connectivity index (χ4v) is 3.49. The molecule has 7 nitrogen and oxygen atoms in total. The van der Waals surface area contributed by atoms with Crippen molar-refractivity contribution in [2.24, 2.45) is 5.92 Å². The van der Waals surface area contributed by atoms with E-state index in [1.807, 2.05) is 6.92 Å². The molecule has 0 bridgehead atoms. The van der Waals surface area contributed by atoms with E-state index >= 15 is 0 Å². The summed E-state index contributed by atoms with van der Waals surface area (Å²) in [5.74, 6) is 0.563. The SMILES string of the molecule is CCCC(=O)Nc1ccc2c(c1)C(=O)N(C)C[C@H](OC)[C@@H](C)CN(C)[C@@H](C)CO2. The van der Waals surface area contributed by atoms with Crippen LogP contribution in [0.4, 0.5) is 5.69 Å². The highest BCUT2D eigenvalue weighted by molar-refractivity contribution is 5.99. The first kappa shape index (κ1) is 23.2. The normalized spacial score (nSPS) is 24.1. The number of benzene rings is 1. The summed E-state index contributed by atoms with van der Waals surface area (Å²) in [4.78, 5) is 29.1. The van der Waals surface area contributed by atoms with Crippen molar-refractivity contribution in [2.45, 2.75) is 45.8 Å². The lowest BCUT2D eigenvalue weighted by Crippen LogP contribution is -2.45. The van der Waals surface area contributed by atoms with Crippen molar-refractivity contribution in [1.82, 2.24) is 9.80 Å². The molecule has 2 rings (SSSR count). The average Bonchev–Trinajstić information content (AvgIpc) is 2.69. The Bertz CT molecular complexity index is 709. The summed E-state index contributed by atoms with van der Waals surface area (Å²) < 4.78 is 11.7. The largest absolute Gasteiger partial charge is 0.491 e. The number of ether oxygens (including phenoxy) is 2. The second-order valence-electron chi connectivity index (χ2n) is 8.05. The van der Waals surface area contributed by atoms with E-state index in [4.69, 9.17) is 9.47 Å². The molecule has 162 valence electrons. The number of carbonyl (C=O) groups excluding carboxylic acids is 2. The zero-order valence-electron chi connectivity index (χ0n) is 18.5. The van der Waals surface area contributed by atoms with Crippen LogP contribution in [-0.2, 0) is 9.53 Å². The van der Waals surface area contributed by atoms with Crippen LogP contribution in [0.15, 0.2) is 18.2 Å². The number of fused-ring (bicyclic) bond motifs is 1. The maximum absolute atomic E-state index is 13.2. The second kappa shape index (κ2) is 10.6. The molecule has 0 aliphatic carbocycles. The molecule has 0 spiro atoms. The van der Waals surface area contributed by atoms with Gasteiger partial charge in [0.2, 0.25) is 5.91 Å². The summed E-state index contributed by atoms with van der Waals surface area (Å²) in [6, 6.07) is 5.42. The van der Waals surface area contributed by atoms with Crippen LogP contribution in [0, 0.1) is 5.92 Å². The van der Waals surface area contributed by atoms with Crippen molar-refractivity contribution in [3.05, 3.63) is 23.8 Å². The first-order chi connectivity index (χ1) is 13.8. The Morgan fingerprint density at radius 3 is 2.66 bits per heavy atom. The van der Waals surface area contributed by atoms with Crippen molar-refractivity contribution >= 4 is 17.5 Å². The Labute approximate surface area is 174 Å². The third-order valence-corrected chi connectivity index (χ3v) is 5.52. The van der Waals surface area contributed by atoms with Crippen LogP contribution in [-0.4, -0.2) is 74.7 Å². The molecule has 29 heavy (non-hydrogen) atoms. The van der Waals surface area contributed by atoms with Gasteiger partial charge >= 0.3 is 0 Å². The summed E-state index contributed by atoms with van der Waals surface area (Å²) >= 11 is 0. The van der Waals surface area contributed by atoms with E-state index in [1.165, 1.54) is 0 Å². The lowest BCUT2D eigenvalue weighted by atomic mass is 10.0. The minimum atomic E-state index is -0.151. The van der Waals surface area contributed by atoms with E-state index < -0.39 is 0 Å². The fourth-order valence-electron chi connectivity index (χ4n) is 3.49. The summed E-state index contributed by atoms with van der Waals surface area (Å²) in [6.45, 7) is 7.98. The van der Waals surface area contributed by atoms with Crippen LogP contribution in [0.2, 0.25) is 0 Å². The van der Waals surface area contributed by atoms with Crippen LogP contribution >= 0.6 is 0 Å². The molecule has 2 amide bonds. The number of likely N-dealkylation sites (N-methyl/N-ethyl adjacent to an activating group) is 2. The fraction of sp³-hybridized carbons (Fsp3) is 0.636. The van der Waals surface area contributed by atoms with Gasteiger partial charge in [0.1, 0.15) is 12.4 Å². The monoisotopic (exact) mass is 405 g/mol. The number of amides is 2. The van der Waals surface area contributed by atoms with Gasteiger partial charge < -0.3 is 19.7 Å². The molecule has 1 aliphatic rings. The van der Waals surface area contributed by atoms with Crippen molar-refractivity contribution < 1.29 is 19.1 Å². The lowest BCUT2D eigenvalue weighted by Gasteiger charge is -2.34. The van der Waals surface area contributed by atoms with E-state index in [1.54, 1.807) is 37.3 Å². The molecule has 0 unspecified atom stereocenters. The topological polar surface area (TPSA) is 71.1 Å². The smallest absolute Gasteiger partial charge is 0.257 e. The summed E-state index contributed by atoms with van der Waals surface area (Å²) in [6.07, 6.45) is 1.14. The standard InChI is InChI=1S/C22H35N3O4/c1-7-8-21(26)23-17-9-10-19-18(11-17)22(27)25(5)13-20(28-6)15(2)12-24(4)16(3)14-29-19/h9-11,15-16,20H,7-8,12-14H2,1-6H3,(H,23,26)/t15-,16-,20-/m0/s1. The number of carbonyl (C=O) groups is 2. The van der Waals surface area contributed by atoms with Crippen molar-refractivity contribution in [1.29, 1.82) is 0 Å². The molecule has 0 saturated heterocycles. The lowest BCUT2D eigenvalue weighted by molar-refractivity contribution is -0.116. The summed E-state index contributed by atoms with van der Waals surface area (Å²) in [5, 5.41) is 2.86. The molecule has 0 radical (unpaired) electrons. The number of rotatable bonds is 4. The second-order valence-corrected chi connectivity index (χ2v) is 8.05. The molecular formula is C22H35N3O4. The Kier molecular flexibility index (Phi) is 8.46. The highest BCUT2D eigenvalue weighted by atomic mass is 16.5. The highest BCUT2D eigenvalue weighted by Crippen LogP contribution is 2.26. The van der Waals surface area contributed by atoms with E-state index in [0.717, 1.165) is 13.0 Å². The van der Waals surface area contributed by atoms with Gasteiger partial charge in [0.15, 0.2) is 0 Å². The third kappa shape index (κ3) is 6.18. The van der Waals surface area contributed by atoms with Gasteiger partial charge in [0.05, 0.1) is 11.7 Å². The molecule has 0 saturated carbocycles. The molecule has 1 aromatic rings. The predicted octanol–water partition coefficient (Wildman–Crippen LogP) is 2.86. The van der Waals surface area contributed by atoms with E-state index in [9.17, 15) is 9.59 Å². The Balaban J connectivity index is 2.37. The van der Waals surface area contributed by atoms with Crippen LogP contribution < -0.4 is 10.1 Å². The van der Waals surface area contributed by atoms with Gasteiger partial charge in [-0.05, 0) is 44.5 Å². The maximum Gasteiger partial charge on any atom is 0.257 e. The minimum absolute atomic E-state index is 0.0640. The van der Waals surface area contributed by atoms with Gasteiger partial charge in [-0.3, -0.25) is 14.5 Å². The van der Waals surface area contributed by atoms with Crippen molar-refractivity contribution in [3.63, 3.8) is 0 Å². The quantitative estimate of drug-likeness (QED) is 0.834. The minimum Gasteiger partial charge on any atom is -0.491 e. The molecule has 0 fully saturated rings. The zero-order chi connectivity index (χ0) is 21.6. The van der Waals surface area contributed by atoms with Gasteiger partial charge in [-0.2, -0.15) is 0 Å². The van der Waals surface area contributed by atoms with Crippen molar-refractivity contribution in [2.75, 3.05) is 46.2 Å². The van der Waals surface area contributed by atoms with Crippen LogP contribution in [0.3, 0.4) is 0 Å². The first-order valence-corrected chi connectivity index (χ1v) is 10.3. The molecular weight excluding hydrogens is 370 g/mol. The van der Waals surface area contributed by atoms with Gasteiger partial charge in [0, 0.05) is 45.4 Å². The number of hydrogen-bond donors (Lipinski definition) is 1. The number of methoxy groups -OCH3 is 1. The number of nitrogens with zero attached hydrogens (tertiary/aromatic N) is 2. The molecule has 7 heteroatoms. The number of nitrogens with one attached hydrogen (secondary N) is 1. The van der Waals surface area contributed by atoms with E-state index in [2.05, 4.69) is 31.1 Å². The van der Waals surface area contributed by atoms with Crippen LogP contribution in [0.5, 0.6) is 5.75 Å². The number of anilines is 1. The Morgan fingerprint density at radius 1 is 1.28 bits per heavy atom. The molecule has 1 N–H and O–H groups in total. The molecule has 1 aliphatic heterocycles. The molecule has 1 heterocycles. The predicted molar refractivity (Wildman–Crippen MR) is 114 cm³/mol. The molecule has 0 aromatic heterocycles. The van der Waals surface area contributed by atoms with Crippen molar-refractivity contribution in [3.8, 4) is 5.75 Å². The molecule has 3 atom stereocenters. The summed E-state index contributed by atoms with van der Waals surface area (Å²) in [5.41, 5.74) is 1.04. The van der Waals surface area contributed by atoms with Gasteiger partial charge in [-0.15, -0.1) is 0 Å². The highest BCUT2D eigenvalue weighted by Gasteiger charge is 2.27. The number of hydrogen-bond acceptors (Lipinski definition) is 5. The Morgan fingerprint density at radius 2 is 2.00 bits per heavy atom. The van der Waals surface area contributed by atoms with Gasteiger partial charge in [-0.1, -0.05) is 13.8 Å². The van der Waals surface area contributed by atoms with Crippen LogP contribution in [0.1, 0.15) is 44.0 Å². The zero-order valence-corrected chi connectivity index (χ0v) is 18.5. The van der Waals surface area contributed by atoms with E-state index in [0.29, 0.717) is 36.6 Å².